The highest BCUT2D eigenvalue weighted by molar-refractivity contribution is 7.26. The Morgan fingerprint density at radius 1 is 0.312 bits per heavy atom. The van der Waals surface area contributed by atoms with Crippen LogP contribution in [0.3, 0.4) is 0 Å². The maximum atomic E-state index is 2.42. The summed E-state index contributed by atoms with van der Waals surface area (Å²) in [6, 6.07) is 64.5. The molecule has 0 spiro atoms. The monoisotopic (exact) mass is 627 g/mol. The Hall–Kier alpha value is -5.96. The first-order valence-corrected chi connectivity index (χ1v) is 17.2. The van der Waals surface area contributed by atoms with Gasteiger partial charge in [-0.25, -0.2) is 0 Å². The lowest BCUT2D eigenvalue weighted by molar-refractivity contribution is 1.30. The molecule has 0 bridgehead atoms. The number of thiophene rings is 1. The summed E-state index contributed by atoms with van der Waals surface area (Å²) >= 11 is 1.89. The Balaban J connectivity index is 1.21. The quantitative estimate of drug-likeness (QED) is 0.176. The second-order valence-electron chi connectivity index (χ2n) is 12.6. The van der Waals surface area contributed by atoms with E-state index in [1.165, 1.54) is 74.4 Å². The molecule has 1 nitrogen and oxygen atoms in total. The lowest BCUT2D eigenvalue weighted by Gasteiger charge is -2.26. The van der Waals surface area contributed by atoms with E-state index in [-0.39, 0.29) is 0 Å². The molecule has 1 aromatic heterocycles. The van der Waals surface area contributed by atoms with Crippen LogP contribution in [0, 0.1) is 0 Å². The van der Waals surface area contributed by atoms with Gasteiger partial charge in [-0.2, -0.15) is 0 Å². The Morgan fingerprint density at radius 3 is 1.71 bits per heavy atom. The van der Waals surface area contributed by atoms with Crippen LogP contribution in [0.4, 0.5) is 17.1 Å². The van der Waals surface area contributed by atoms with Crippen molar-refractivity contribution in [2.24, 2.45) is 0 Å². The topological polar surface area (TPSA) is 3.24 Å². The summed E-state index contributed by atoms with van der Waals surface area (Å²) in [5.74, 6) is 0. The van der Waals surface area contributed by atoms with E-state index in [0.29, 0.717) is 0 Å². The van der Waals surface area contributed by atoms with Gasteiger partial charge in [-0.15, -0.1) is 11.3 Å². The van der Waals surface area contributed by atoms with Crippen molar-refractivity contribution in [3.8, 4) is 11.1 Å². The minimum atomic E-state index is 1.13. The summed E-state index contributed by atoms with van der Waals surface area (Å²) in [6.45, 7) is 0. The molecule has 0 aliphatic rings. The van der Waals surface area contributed by atoms with E-state index in [9.17, 15) is 0 Å². The maximum absolute atomic E-state index is 2.42. The molecule has 9 aromatic carbocycles. The molecule has 48 heavy (non-hydrogen) atoms. The van der Waals surface area contributed by atoms with Crippen molar-refractivity contribution < 1.29 is 0 Å². The van der Waals surface area contributed by atoms with Crippen molar-refractivity contribution in [1.82, 2.24) is 0 Å². The van der Waals surface area contributed by atoms with Crippen LogP contribution in [0.25, 0.3) is 74.4 Å². The molecule has 0 N–H and O–H groups in total. The third-order valence-electron chi connectivity index (χ3n) is 9.80. The SMILES string of the molecule is c1ccc(-c2cccc(N(c3ccc4c(c3)sc3c5ccccc5ccc43)c3ccc4ccc5c6ccccc6ccc5c4c3)c2)cc1. The van der Waals surface area contributed by atoms with Gasteiger partial charge in [0.1, 0.15) is 0 Å². The summed E-state index contributed by atoms with van der Waals surface area (Å²) in [5, 5.41) is 12.8. The zero-order valence-electron chi connectivity index (χ0n) is 26.1. The van der Waals surface area contributed by atoms with Crippen molar-refractivity contribution in [2.75, 3.05) is 4.90 Å². The molecule has 0 radical (unpaired) electrons. The van der Waals surface area contributed by atoms with Crippen molar-refractivity contribution in [2.45, 2.75) is 0 Å². The van der Waals surface area contributed by atoms with Gasteiger partial charge in [0.05, 0.1) is 0 Å². The molecule has 0 amide bonds. The molecule has 10 rings (SSSR count). The van der Waals surface area contributed by atoms with Crippen molar-refractivity contribution in [1.29, 1.82) is 0 Å². The first-order chi connectivity index (χ1) is 23.8. The smallest absolute Gasteiger partial charge is 0.0476 e. The molecule has 0 fully saturated rings. The van der Waals surface area contributed by atoms with Crippen LogP contribution >= 0.6 is 11.3 Å². The van der Waals surface area contributed by atoms with Gasteiger partial charge in [0.15, 0.2) is 0 Å². The molecule has 1 heterocycles. The first kappa shape index (κ1) is 27.2. The van der Waals surface area contributed by atoms with Gasteiger partial charge in [-0.05, 0) is 90.6 Å². The second kappa shape index (κ2) is 10.8. The van der Waals surface area contributed by atoms with Crippen LogP contribution in [0.2, 0.25) is 0 Å². The molecule has 0 aliphatic carbocycles. The molecule has 0 saturated carbocycles. The van der Waals surface area contributed by atoms with Gasteiger partial charge in [0.25, 0.3) is 0 Å². The largest absolute Gasteiger partial charge is 0.310 e. The van der Waals surface area contributed by atoms with Crippen LogP contribution in [0.5, 0.6) is 0 Å². The van der Waals surface area contributed by atoms with E-state index in [2.05, 4.69) is 181 Å². The summed E-state index contributed by atoms with van der Waals surface area (Å²) in [6.07, 6.45) is 0. The van der Waals surface area contributed by atoms with Crippen LogP contribution in [0.1, 0.15) is 0 Å². The molecule has 0 atom stereocenters. The zero-order chi connectivity index (χ0) is 31.6. The predicted octanol–water partition coefficient (Wildman–Crippen LogP) is 13.8. The Bertz CT molecular complexity index is 2850. The third-order valence-corrected chi connectivity index (χ3v) is 11.0. The van der Waals surface area contributed by atoms with Gasteiger partial charge in [-0.3, -0.25) is 0 Å². The van der Waals surface area contributed by atoms with Gasteiger partial charge in [-0.1, -0.05) is 140 Å². The van der Waals surface area contributed by atoms with E-state index < -0.39 is 0 Å². The highest BCUT2D eigenvalue weighted by Crippen LogP contribution is 2.44. The summed E-state index contributed by atoms with van der Waals surface area (Å²) in [4.78, 5) is 2.42. The Labute approximate surface area is 282 Å². The maximum Gasteiger partial charge on any atom is 0.0476 e. The standard InChI is InChI=1S/C46H29NS/c1-2-9-30(10-3-1)34-13-8-14-35(27-34)47(37-22-26-42-43-25-20-32-12-5-7-16-39(32)46(43)48-45(42)29-37)36-21-17-33-19-23-40-38-15-6-4-11-31(38)18-24-41(40)44(33)28-36/h1-29H. The van der Waals surface area contributed by atoms with E-state index >= 15 is 0 Å². The molecule has 224 valence electrons. The lowest BCUT2D eigenvalue weighted by Crippen LogP contribution is -2.10. The minimum Gasteiger partial charge on any atom is -0.310 e. The molecular weight excluding hydrogens is 599 g/mol. The van der Waals surface area contributed by atoms with Crippen LogP contribution in [0.15, 0.2) is 176 Å². The fraction of sp³-hybridized carbons (Fsp3) is 0. The predicted molar refractivity (Wildman–Crippen MR) is 209 cm³/mol. The highest BCUT2D eigenvalue weighted by Gasteiger charge is 2.17. The van der Waals surface area contributed by atoms with Crippen LogP contribution in [-0.2, 0) is 0 Å². The van der Waals surface area contributed by atoms with Crippen LogP contribution in [-0.4, -0.2) is 0 Å². The number of fused-ring (bicyclic) bond motifs is 10. The minimum absolute atomic E-state index is 1.13. The lowest BCUT2D eigenvalue weighted by atomic mass is 9.96. The molecule has 0 unspecified atom stereocenters. The number of rotatable bonds is 4. The number of hydrogen-bond acceptors (Lipinski definition) is 2. The van der Waals surface area contributed by atoms with Gasteiger partial charge < -0.3 is 4.90 Å². The zero-order valence-corrected chi connectivity index (χ0v) is 26.9. The average molecular weight is 628 g/mol. The Kier molecular flexibility index (Phi) is 6.12. The number of nitrogens with zero attached hydrogens (tertiary/aromatic N) is 1. The summed E-state index contributed by atoms with van der Waals surface area (Å²) in [7, 11) is 0. The number of anilines is 3. The van der Waals surface area contributed by atoms with E-state index in [1.54, 1.807) is 0 Å². The summed E-state index contributed by atoms with van der Waals surface area (Å²) < 4.78 is 2.64. The number of hydrogen-bond donors (Lipinski definition) is 0. The molecule has 0 saturated heterocycles. The fourth-order valence-electron chi connectivity index (χ4n) is 7.48. The van der Waals surface area contributed by atoms with E-state index in [0.717, 1.165) is 17.1 Å². The van der Waals surface area contributed by atoms with Gasteiger partial charge >= 0.3 is 0 Å². The molecular formula is C46H29NS. The van der Waals surface area contributed by atoms with Crippen molar-refractivity contribution >= 4 is 91.7 Å². The van der Waals surface area contributed by atoms with Gasteiger partial charge in [0.2, 0.25) is 0 Å². The fourth-order valence-corrected chi connectivity index (χ4v) is 8.75. The van der Waals surface area contributed by atoms with Crippen molar-refractivity contribution in [3.63, 3.8) is 0 Å². The average Bonchev–Trinajstić information content (AvgIpc) is 3.54. The molecule has 10 aromatic rings. The van der Waals surface area contributed by atoms with Gasteiger partial charge in [0, 0.05) is 37.2 Å². The first-order valence-electron chi connectivity index (χ1n) is 16.4. The highest BCUT2D eigenvalue weighted by atomic mass is 32.1. The number of benzene rings is 9. The Morgan fingerprint density at radius 2 is 0.875 bits per heavy atom. The van der Waals surface area contributed by atoms with Crippen molar-refractivity contribution in [3.05, 3.63) is 176 Å². The second-order valence-corrected chi connectivity index (χ2v) is 13.6. The normalized spacial score (nSPS) is 11.8. The summed E-state index contributed by atoms with van der Waals surface area (Å²) in [5.41, 5.74) is 5.83. The molecule has 2 heteroatoms. The van der Waals surface area contributed by atoms with Crippen LogP contribution < -0.4 is 4.90 Å². The van der Waals surface area contributed by atoms with E-state index in [1.807, 2.05) is 11.3 Å². The molecule has 0 aliphatic heterocycles. The third kappa shape index (κ3) is 4.31. The van der Waals surface area contributed by atoms with E-state index in [4.69, 9.17) is 0 Å².